The largest absolute Gasteiger partial charge is 0.298 e. The van der Waals surface area contributed by atoms with Crippen molar-refractivity contribution in [2.45, 2.75) is 11.3 Å². The lowest BCUT2D eigenvalue weighted by molar-refractivity contribution is -0.116. The molecular formula is C11H11ClN4OS. The van der Waals surface area contributed by atoms with Crippen LogP contribution in [0.3, 0.4) is 0 Å². The zero-order valence-electron chi connectivity index (χ0n) is 9.71. The molecule has 0 spiro atoms. The molecule has 0 aliphatic heterocycles. The molecule has 1 heterocycles. The van der Waals surface area contributed by atoms with Crippen molar-refractivity contribution >= 4 is 29.1 Å². The molecule has 2 rings (SSSR count). The molecule has 0 saturated heterocycles. The molecule has 0 fully saturated rings. The van der Waals surface area contributed by atoms with Gasteiger partial charge >= 0.3 is 0 Å². The standard InChI is InChI=1S/C11H11ClN4OS/c1-16-14-11(13-15-16)6-9(17)7-18-10-4-2-3-8(12)5-10/h2-5H,6-7H2,1H3. The molecule has 0 aliphatic carbocycles. The third-order valence-electron chi connectivity index (χ3n) is 2.10. The maximum absolute atomic E-state index is 11.7. The minimum absolute atomic E-state index is 0.0629. The molecule has 0 N–H and O–H groups in total. The molecule has 18 heavy (non-hydrogen) atoms. The van der Waals surface area contributed by atoms with Gasteiger partial charge in [0.05, 0.1) is 19.2 Å². The van der Waals surface area contributed by atoms with Crippen LogP contribution in [0, 0.1) is 0 Å². The molecule has 5 nitrogen and oxygen atoms in total. The van der Waals surface area contributed by atoms with Gasteiger partial charge in [-0.2, -0.15) is 4.80 Å². The minimum Gasteiger partial charge on any atom is -0.298 e. The number of aryl methyl sites for hydroxylation is 1. The van der Waals surface area contributed by atoms with Gasteiger partial charge in [-0.15, -0.1) is 22.0 Å². The molecule has 0 unspecified atom stereocenters. The van der Waals surface area contributed by atoms with Crippen molar-refractivity contribution in [3.63, 3.8) is 0 Å². The number of rotatable bonds is 5. The fourth-order valence-electron chi connectivity index (χ4n) is 1.34. The molecule has 7 heteroatoms. The summed E-state index contributed by atoms with van der Waals surface area (Å²) in [4.78, 5) is 14.0. The monoisotopic (exact) mass is 282 g/mol. The Hall–Kier alpha value is -1.40. The number of Topliss-reactive ketones (excluding diaryl/α,β-unsaturated/α-hetero) is 1. The third kappa shape index (κ3) is 3.82. The van der Waals surface area contributed by atoms with E-state index in [0.29, 0.717) is 16.6 Å². The van der Waals surface area contributed by atoms with Gasteiger partial charge in [0.2, 0.25) is 0 Å². The second-order valence-electron chi connectivity index (χ2n) is 3.66. The van der Waals surface area contributed by atoms with Gasteiger partial charge in [0.15, 0.2) is 11.6 Å². The Balaban J connectivity index is 1.85. The van der Waals surface area contributed by atoms with Gasteiger partial charge in [0.25, 0.3) is 0 Å². The predicted molar refractivity (Wildman–Crippen MR) is 69.7 cm³/mol. The number of aromatic nitrogens is 4. The highest BCUT2D eigenvalue weighted by atomic mass is 35.5. The Kier molecular flexibility index (Phi) is 4.33. The normalized spacial score (nSPS) is 10.6. The number of hydrogen-bond acceptors (Lipinski definition) is 5. The molecule has 0 radical (unpaired) electrons. The lowest BCUT2D eigenvalue weighted by Gasteiger charge is -2.00. The summed E-state index contributed by atoms with van der Waals surface area (Å²) in [5, 5.41) is 12.1. The molecule has 0 bridgehead atoms. The van der Waals surface area contributed by atoms with E-state index < -0.39 is 0 Å². The SMILES string of the molecule is Cn1nnc(CC(=O)CSc2cccc(Cl)c2)n1. The summed E-state index contributed by atoms with van der Waals surface area (Å²) in [5.74, 6) is 0.890. The van der Waals surface area contributed by atoms with Gasteiger partial charge in [-0.3, -0.25) is 4.79 Å². The zero-order valence-corrected chi connectivity index (χ0v) is 11.3. The van der Waals surface area contributed by atoms with E-state index in [1.54, 1.807) is 13.1 Å². The molecule has 2 aromatic rings. The van der Waals surface area contributed by atoms with Crippen LogP contribution in [0.5, 0.6) is 0 Å². The molecule has 1 aromatic carbocycles. The maximum atomic E-state index is 11.7. The van der Waals surface area contributed by atoms with Gasteiger partial charge in [0, 0.05) is 9.92 Å². The first-order valence-electron chi connectivity index (χ1n) is 5.26. The summed E-state index contributed by atoms with van der Waals surface area (Å²) in [6.07, 6.45) is 0.210. The van der Waals surface area contributed by atoms with Crippen molar-refractivity contribution in [3.05, 3.63) is 35.1 Å². The summed E-state index contributed by atoms with van der Waals surface area (Å²) in [6.45, 7) is 0. The van der Waals surface area contributed by atoms with Gasteiger partial charge in [-0.05, 0) is 23.4 Å². The van der Waals surface area contributed by atoms with Crippen LogP contribution in [0.2, 0.25) is 5.02 Å². The number of carbonyl (C=O) groups excluding carboxylic acids is 1. The predicted octanol–water partition coefficient (Wildman–Crippen LogP) is 1.77. The Morgan fingerprint density at radius 3 is 3.00 bits per heavy atom. The zero-order chi connectivity index (χ0) is 13.0. The summed E-state index contributed by atoms with van der Waals surface area (Å²) < 4.78 is 0. The van der Waals surface area contributed by atoms with Crippen molar-refractivity contribution < 1.29 is 4.79 Å². The highest BCUT2D eigenvalue weighted by Gasteiger charge is 2.09. The van der Waals surface area contributed by atoms with E-state index in [1.165, 1.54) is 16.6 Å². The van der Waals surface area contributed by atoms with Crippen LogP contribution in [0.25, 0.3) is 0 Å². The second kappa shape index (κ2) is 5.97. The average molecular weight is 283 g/mol. The van der Waals surface area contributed by atoms with Crippen molar-refractivity contribution in [2.75, 3.05) is 5.75 Å². The van der Waals surface area contributed by atoms with E-state index in [9.17, 15) is 4.79 Å². The van der Waals surface area contributed by atoms with E-state index in [4.69, 9.17) is 11.6 Å². The summed E-state index contributed by atoms with van der Waals surface area (Å²) in [5.41, 5.74) is 0. The molecule has 1 aromatic heterocycles. The smallest absolute Gasteiger partial charge is 0.182 e. The Bertz CT molecular complexity index is 557. The lowest BCUT2D eigenvalue weighted by atomic mass is 10.3. The molecule has 0 amide bonds. The third-order valence-corrected chi connectivity index (χ3v) is 3.39. The fraction of sp³-hybridized carbons (Fsp3) is 0.273. The first-order valence-corrected chi connectivity index (χ1v) is 6.63. The summed E-state index contributed by atoms with van der Waals surface area (Å²) >= 11 is 7.32. The maximum Gasteiger partial charge on any atom is 0.182 e. The van der Waals surface area contributed by atoms with Crippen molar-refractivity contribution in [1.82, 2.24) is 20.2 Å². The number of ketones is 1. The number of benzene rings is 1. The van der Waals surface area contributed by atoms with Crippen LogP contribution in [-0.4, -0.2) is 31.7 Å². The Labute approximate surface area is 114 Å². The number of hydrogen-bond donors (Lipinski definition) is 0. The van der Waals surface area contributed by atoms with Gasteiger partial charge < -0.3 is 0 Å². The Morgan fingerprint density at radius 1 is 1.50 bits per heavy atom. The number of halogens is 1. The van der Waals surface area contributed by atoms with Crippen LogP contribution in [0.4, 0.5) is 0 Å². The number of tetrazole rings is 1. The lowest BCUT2D eigenvalue weighted by Crippen LogP contribution is -2.07. The van der Waals surface area contributed by atoms with Gasteiger partial charge in [-0.25, -0.2) is 0 Å². The van der Waals surface area contributed by atoms with Crippen LogP contribution in [0.15, 0.2) is 29.2 Å². The van der Waals surface area contributed by atoms with Crippen LogP contribution >= 0.6 is 23.4 Å². The first-order chi connectivity index (χ1) is 8.63. The number of thioether (sulfide) groups is 1. The molecule has 0 saturated carbocycles. The minimum atomic E-state index is 0.0629. The van der Waals surface area contributed by atoms with Crippen LogP contribution in [-0.2, 0) is 18.3 Å². The topological polar surface area (TPSA) is 60.7 Å². The highest BCUT2D eigenvalue weighted by Crippen LogP contribution is 2.21. The molecule has 94 valence electrons. The molecule has 0 atom stereocenters. The van der Waals surface area contributed by atoms with Crippen LogP contribution < -0.4 is 0 Å². The van der Waals surface area contributed by atoms with Gasteiger partial charge in [-0.1, -0.05) is 17.7 Å². The van der Waals surface area contributed by atoms with E-state index in [-0.39, 0.29) is 12.2 Å². The number of carbonyl (C=O) groups is 1. The average Bonchev–Trinajstić information content (AvgIpc) is 2.72. The van der Waals surface area contributed by atoms with Crippen molar-refractivity contribution in [2.24, 2.45) is 7.05 Å². The van der Waals surface area contributed by atoms with E-state index in [2.05, 4.69) is 15.4 Å². The number of nitrogens with zero attached hydrogens (tertiary/aromatic N) is 4. The highest BCUT2D eigenvalue weighted by molar-refractivity contribution is 8.00. The van der Waals surface area contributed by atoms with Gasteiger partial charge in [0.1, 0.15) is 0 Å². The quantitative estimate of drug-likeness (QED) is 0.782. The molecule has 0 aliphatic rings. The van der Waals surface area contributed by atoms with E-state index >= 15 is 0 Å². The first kappa shape index (κ1) is 13.0. The fourth-order valence-corrected chi connectivity index (χ4v) is 2.41. The van der Waals surface area contributed by atoms with Crippen LogP contribution in [0.1, 0.15) is 5.82 Å². The summed E-state index contributed by atoms with van der Waals surface area (Å²) in [6, 6.07) is 7.42. The Morgan fingerprint density at radius 2 is 2.33 bits per heavy atom. The molecular weight excluding hydrogens is 272 g/mol. The van der Waals surface area contributed by atoms with Crippen molar-refractivity contribution in [3.8, 4) is 0 Å². The summed E-state index contributed by atoms with van der Waals surface area (Å²) in [7, 11) is 1.67. The van der Waals surface area contributed by atoms with E-state index in [0.717, 1.165) is 4.90 Å². The van der Waals surface area contributed by atoms with Crippen molar-refractivity contribution in [1.29, 1.82) is 0 Å². The second-order valence-corrected chi connectivity index (χ2v) is 5.14. The van der Waals surface area contributed by atoms with E-state index in [1.807, 2.05) is 18.2 Å².